The minimum absolute atomic E-state index is 0.108. The summed E-state index contributed by atoms with van der Waals surface area (Å²) in [5, 5.41) is 8.47. The van der Waals surface area contributed by atoms with E-state index < -0.39 is 0 Å². The van der Waals surface area contributed by atoms with Crippen LogP contribution in [-0.4, -0.2) is 71.2 Å². The molecule has 2 aliphatic heterocycles. The van der Waals surface area contributed by atoms with Crippen LogP contribution in [0.15, 0.2) is 10.6 Å². The second-order valence-electron chi connectivity index (χ2n) is 8.75. The van der Waals surface area contributed by atoms with Gasteiger partial charge in [0.05, 0.1) is 16.6 Å². The van der Waals surface area contributed by atoms with Crippen molar-refractivity contribution < 1.29 is 9.32 Å². The molecule has 0 radical (unpaired) electrons. The summed E-state index contributed by atoms with van der Waals surface area (Å²) in [4.78, 5) is 22.8. The Balaban J connectivity index is 1.46. The quantitative estimate of drug-likeness (QED) is 0.874. The second kappa shape index (κ2) is 7.12. The Labute approximate surface area is 165 Å². The van der Waals surface area contributed by atoms with E-state index in [0.29, 0.717) is 17.7 Å². The van der Waals surface area contributed by atoms with Crippen LogP contribution in [0, 0.1) is 0 Å². The SMILES string of the molecule is CC(C)c1noc2nc(C3CC3)cc(C(=O)N3CCC(N4CCNCC4)C3)c12. The standard InChI is InChI=1S/C21H29N5O2/c1-13(2)19-18-16(11-17(14-3-4-14)23-20(18)28-24-19)21(27)26-8-5-15(12-26)25-9-6-22-7-10-25/h11,13-15,22H,3-10,12H2,1-2H3. The van der Waals surface area contributed by atoms with Crippen LogP contribution in [-0.2, 0) is 0 Å². The van der Waals surface area contributed by atoms with Crippen LogP contribution < -0.4 is 5.32 Å². The predicted octanol–water partition coefficient (Wildman–Crippen LogP) is 2.34. The minimum atomic E-state index is 0.108. The third-order valence-corrected chi connectivity index (χ3v) is 6.38. The summed E-state index contributed by atoms with van der Waals surface area (Å²) in [6, 6.07) is 2.49. The second-order valence-corrected chi connectivity index (χ2v) is 8.75. The van der Waals surface area contributed by atoms with Gasteiger partial charge in [0, 0.05) is 56.9 Å². The van der Waals surface area contributed by atoms with Crippen molar-refractivity contribution in [3.05, 3.63) is 23.0 Å². The Morgan fingerprint density at radius 1 is 1.21 bits per heavy atom. The van der Waals surface area contributed by atoms with Crippen LogP contribution in [0.25, 0.3) is 11.1 Å². The molecule has 1 amide bonds. The highest BCUT2D eigenvalue weighted by atomic mass is 16.5. The van der Waals surface area contributed by atoms with Crippen molar-refractivity contribution in [3.63, 3.8) is 0 Å². The van der Waals surface area contributed by atoms with Gasteiger partial charge in [0.1, 0.15) is 0 Å². The van der Waals surface area contributed by atoms with E-state index in [0.717, 1.165) is 80.9 Å². The molecule has 28 heavy (non-hydrogen) atoms. The summed E-state index contributed by atoms with van der Waals surface area (Å²) >= 11 is 0. The van der Waals surface area contributed by atoms with Crippen molar-refractivity contribution in [1.82, 2.24) is 25.3 Å². The van der Waals surface area contributed by atoms with Crippen molar-refractivity contribution >= 4 is 17.0 Å². The lowest BCUT2D eigenvalue weighted by Gasteiger charge is -2.32. The maximum Gasteiger partial charge on any atom is 0.259 e. The number of hydrogen-bond acceptors (Lipinski definition) is 6. The summed E-state index contributed by atoms with van der Waals surface area (Å²) < 4.78 is 5.55. The van der Waals surface area contributed by atoms with Crippen LogP contribution in [0.2, 0.25) is 0 Å². The highest BCUT2D eigenvalue weighted by Gasteiger charge is 2.34. The van der Waals surface area contributed by atoms with Gasteiger partial charge in [-0.2, -0.15) is 0 Å². The largest absolute Gasteiger partial charge is 0.337 e. The third kappa shape index (κ3) is 3.20. The topological polar surface area (TPSA) is 74.5 Å². The molecule has 2 saturated heterocycles. The number of aromatic nitrogens is 2. The molecule has 5 rings (SSSR count). The van der Waals surface area contributed by atoms with Gasteiger partial charge in [0.2, 0.25) is 0 Å². The van der Waals surface area contributed by atoms with Crippen LogP contribution in [0.5, 0.6) is 0 Å². The number of fused-ring (bicyclic) bond motifs is 1. The number of carbonyl (C=O) groups excluding carboxylic acids is 1. The number of rotatable bonds is 4. The Kier molecular flexibility index (Phi) is 4.59. The van der Waals surface area contributed by atoms with E-state index in [1.807, 2.05) is 11.0 Å². The van der Waals surface area contributed by atoms with Crippen molar-refractivity contribution in [3.8, 4) is 0 Å². The lowest BCUT2D eigenvalue weighted by Crippen LogP contribution is -2.49. The van der Waals surface area contributed by atoms with Crippen LogP contribution in [0.3, 0.4) is 0 Å². The van der Waals surface area contributed by atoms with Gasteiger partial charge < -0.3 is 14.7 Å². The molecule has 7 heteroatoms. The van der Waals surface area contributed by atoms with Gasteiger partial charge in [-0.25, -0.2) is 4.98 Å². The zero-order chi connectivity index (χ0) is 19.3. The van der Waals surface area contributed by atoms with Gasteiger partial charge in [-0.3, -0.25) is 9.69 Å². The number of nitrogens with one attached hydrogen (secondary N) is 1. The van der Waals surface area contributed by atoms with Gasteiger partial charge in [0.25, 0.3) is 11.6 Å². The van der Waals surface area contributed by atoms with Gasteiger partial charge in [-0.15, -0.1) is 0 Å². The number of pyridine rings is 1. The summed E-state index contributed by atoms with van der Waals surface area (Å²) in [5.41, 5.74) is 3.08. The first kappa shape index (κ1) is 18.1. The van der Waals surface area contributed by atoms with Gasteiger partial charge in [0.15, 0.2) is 0 Å². The molecule has 0 spiro atoms. The fourth-order valence-electron chi connectivity index (χ4n) is 4.59. The normalized spacial score (nSPS) is 23.8. The third-order valence-electron chi connectivity index (χ3n) is 6.38. The smallest absolute Gasteiger partial charge is 0.259 e. The monoisotopic (exact) mass is 383 g/mol. The molecule has 1 saturated carbocycles. The molecular weight excluding hydrogens is 354 g/mol. The molecule has 1 aliphatic carbocycles. The average Bonchev–Trinajstić information content (AvgIpc) is 3.28. The zero-order valence-electron chi connectivity index (χ0n) is 16.8. The highest BCUT2D eigenvalue weighted by molar-refractivity contribution is 6.06. The van der Waals surface area contributed by atoms with Crippen molar-refractivity contribution in [2.24, 2.45) is 0 Å². The first-order chi connectivity index (χ1) is 13.6. The molecule has 3 aliphatic rings. The number of amides is 1. The summed E-state index contributed by atoms with van der Waals surface area (Å²) in [7, 11) is 0. The van der Waals surface area contributed by atoms with E-state index in [-0.39, 0.29) is 11.8 Å². The van der Waals surface area contributed by atoms with Crippen molar-refractivity contribution in [2.45, 2.75) is 51.0 Å². The minimum Gasteiger partial charge on any atom is -0.337 e. The van der Waals surface area contributed by atoms with Gasteiger partial charge >= 0.3 is 0 Å². The maximum atomic E-state index is 13.6. The lowest BCUT2D eigenvalue weighted by atomic mass is 10.0. The van der Waals surface area contributed by atoms with E-state index in [2.05, 4.69) is 34.2 Å². The first-order valence-corrected chi connectivity index (χ1v) is 10.7. The predicted molar refractivity (Wildman–Crippen MR) is 107 cm³/mol. The maximum absolute atomic E-state index is 13.6. The molecular formula is C21H29N5O2. The highest BCUT2D eigenvalue weighted by Crippen LogP contribution is 2.41. The summed E-state index contributed by atoms with van der Waals surface area (Å²) in [5.74, 6) is 0.765. The fourth-order valence-corrected chi connectivity index (χ4v) is 4.59. The van der Waals surface area contributed by atoms with E-state index in [1.54, 1.807) is 0 Å². The van der Waals surface area contributed by atoms with Crippen molar-refractivity contribution in [1.29, 1.82) is 0 Å². The fraction of sp³-hybridized carbons (Fsp3) is 0.667. The Hall–Kier alpha value is -1.99. The molecule has 3 fully saturated rings. The summed E-state index contributed by atoms with van der Waals surface area (Å²) in [6.45, 7) is 10.0. The Morgan fingerprint density at radius 3 is 2.71 bits per heavy atom. The van der Waals surface area contributed by atoms with E-state index in [4.69, 9.17) is 4.52 Å². The molecule has 2 aromatic rings. The van der Waals surface area contributed by atoms with Gasteiger partial charge in [-0.1, -0.05) is 19.0 Å². The molecule has 4 heterocycles. The molecule has 0 bridgehead atoms. The van der Waals surface area contributed by atoms with Crippen LogP contribution >= 0.6 is 0 Å². The molecule has 0 aromatic carbocycles. The zero-order valence-corrected chi connectivity index (χ0v) is 16.8. The van der Waals surface area contributed by atoms with Crippen LogP contribution in [0.1, 0.15) is 66.7 Å². The molecule has 1 N–H and O–H groups in total. The van der Waals surface area contributed by atoms with E-state index >= 15 is 0 Å². The molecule has 1 atom stereocenters. The lowest BCUT2D eigenvalue weighted by molar-refractivity contribution is 0.0775. The Bertz CT molecular complexity index is 882. The number of likely N-dealkylation sites (tertiary alicyclic amines) is 1. The number of hydrogen-bond donors (Lipinski definition) is 1. The van der Waals surface area contributed by atoms with Crippen LogP contribution in [0.4, 0.5) is 0 Å². The molecule has 7 nitrogen and oxygen atoms in total. The summed E-state index contributed by atoms with van der Waals surface area (Å²) in [6.07, 6.45) is 3.34. The van der Waals surface area contributed by atoms with E-state index in [9.17, 15) is 4.79 Å². The molecule has 1 unspecified atom stereocenters. The first-order valence-electron chi connectivity index (χ1n) is 10.7. The number of carbonyl (C=O) groups is 1. The number of piperazine rings is 1. The molecule has 2 aromatic heterocycles. The Morgan fingerprint density at radius 2 is 2.00 bits per heavy atom. The van der Waals surface area contributed by atoms with Crippen molar-refractivity contribution in [2.75, 3.05) is 39.3 Å². The van der Waals surface area contributed by atoms with E-state index in [1.165, 1.54) is 0 Å². The molecule has 150 valence electrons. The number of nitrogens with zero attached hydrogens (tertiary/aromatic N) is 4. The van der Waals surface area contributed by atoms with Gasteiger partial charge in [-0.05, 0) is 31.2 Å². The average molecular weight is 383 g/mol.